The summed E-state index contributed by atoms with van der Waals surface area (Å²) in [5, 5.41) is 8.62. The summed E-state index contributed by atoms with van der Waals surface area (Å²) < 4.78 is 34.0. The number of unbranched alkanes of at least 4 members (excludes halogenated alkanes) is 1. The lowest BCUT2D eigenvalue weighted by Gasteiger charge is -2.18. The highest BCUT2D eigenvalue weighted by Gasteiger charge is 2.33. The van der Waals surface area contributed by atoms with Gasteiger partial charge in [-0.2, -0.15) is 0 Å². The van der Waals surface area contributed by atoms with Crippen molar-refractivity contribution in [3.8, 4) is 22.9 Å². The fourth-order valence-electron chi connectivity index (χ4n) is 5.19. The van der Waals surface area contributed by atoms with Gasteiger partial charge in [0.05, 0.1) is 36.7 Å². The lowest BCUT2D eigenvalue weighted by Crippen LogP contribution is -2.30. The van der Waals surface area contributed by atoms with E-state index in [4.69, 9.17) is 19.6 Å². The molecule has 8 nitrogen and oxygen atoms in total. The van der Waals surface area contributed by atoms with Crippen LogP contribution < -0.4 is 14.2 Å². The monoisotopic (exact) mass is 533 g/mol. The van der Waals surface area contributed by atoms with Crippen LogP contribution in [0.15, 0.2) is 36.5 Å². The minimum Gasteiger partial charge on any atom is -0.490 e. The molecule has 9 heteroatoms. The second-order valence-corrected chi connectivity index (χ2v) is 9.60. The number of fused-ring (bicyclic) bond motifs is 4. The molecule has 204 valence electrons. The molecule has 2 aromatic carbocycles. The van der Waals surface area contributed by atoms with Crippen LogP contribution in [0.5, 0.6) is 17.2 Å². The van der Waals surface area contributed by atoms with Gasteiger partial charge in [-0.05, 0) is 68.1 Å². The quantitative estimate of drug-likeness (QED) is 0.353. The summed E-state index contributed by atoms with van der Waals surface area (Å²) in [6.07, 6.45) is 4.63. The molecule has 2 aliphatic rings. The van der Waals surface area contributed by atoms with Crippen LogP contribution in [0.25, 0.3) is 5.69 Å². The molecule has 3 heterocycles. The van der Waals surface area contributed by atoms with Crippen molar-refractivity contribution in [2.75, 3.05) is 26.4 Å². The molecule has 3 aromatic rings. The van der Waals surface area contributed by atoms with Crippen LogP contribution in [-0.2, 0) is 13.0 Å². The van der Waals surface area contributed by atoms with Gasteiger partial charge < -0.3 is 23.7 Å². The number of amidine groups is 1. The predicted molar refractivity (Wildman–Crippen MR) is 145 cm³/mol. The van der Waals surface area contributed by atoms with Gasteiger partial charge in [0.15, 0.2) is 29.7 Å². The summed E-state index contributed by atoms with van der Waals surface area (Å²) in [4.78, 5) is 27.8. The molecule has 0 unspecified atom stereocenters. The molecule has 0 bridgehead atoms. The van der Waals surface area contributed by atoms with Crippen molar-refractivity contribution >= 4 is 17.4 Å². The normalized spacial score (nSPS) is 13.9. The zero-order valence-electron chi connectivity index (χ0n) is 22.4. The van der Waals surface area contributed by atoms with Crippen LogP contribution in [0.1, 0.15) is 71.1 Å². The molecule has 0 fully saturated rings. The Balaban J connectivity index is 1.42. The molecule has 1 aromatic heterocycles. The van der Waals surface area contributed by atoms with E-state index in [0.717, 1.165) is 24.8 Å². The highest BCUT2D eigenvalue weighted by molar-refractivity contribution is 6.06. The average Bonchev–Trinajstić information content (AvgIpc) is 3.44. The number of hydrogen-bond donors (Lipinski definition) is 1. The number of halogens is 1. The van der Waals surface area contributed by atoms with Crippen LogP contribution in [0.2, 0.25) is 0 Å². The van der Waals surface area contributed by atoms with Gasteiger partial charge in [0.1, 0.15) is 11.6 Å². The highest BCUT2D eigenvalue weighted by Crippen LogP contribution is 2.39. The van der Waals surface area contributed by atoms with E-state index < -0.39 is 5.82 Å². The van der Waals surface area contributed by atoms with Gasteiger partial charge in [-0.15, -0.1) is 0 Å². The summed E-state index contributed by atoms with van der Waals surface area (Å²) >= 11 is 0. The summed E-state index contributed by atoms with van der Waals surface area (Å²) in [6.45, 7) is 6.29. The van der Waals surface area contributed by atoms with E-state index in [1.165, 1.54) is 4.90 Å². The van der Waals surface area contributed by atoms with E-state index in [1.807, 2.05) is 12.3 Å². The number of carbonyl (C=O) groups is 2. The van der Waals surface area contributed by atoms with Gasteiger partial charge in [0, 0.05) is 18.3 Å². The third-order valence-electron chi connectivity index (χ3n) is 7.04. The number of aromatic nitrogens is 1. The van der Waals surface area contributed by atoms with Gasteiger partial charge in [0.25, 0.3) is 0 Å². The van der Waals surface area contributed by atoms with Crippen LogP contribution in [0.3, 0.4) is 0 Å². The fraction of sp³-hybridized carbons (Fsp3) is 0.367. The number of nitrogens with one attached hydrogen (secondary N) is 1. The second-order valence-electron chi connectivity index (χ2n) is 9.60. The van der Waals surface area contributed by atoms with Gasteiger partial charge >= 0.3 is 0 Å². The first-order chi connectivity index (χ1) is 18.9. The molecule has 2 aliphatic heterocycles. The third-order valence-corrected chi connectivity index (χ3v) is 7.04. The number of carbonyl (C=O) groups excluding carboxylic acids is 2. The molecule has 0 saturated heterocycles. The Bertz CT molecular complexity index is 1460. The van der Waals surface area contributed by atoms with E-state index in [9.17, 15) is 9.59 Å². The molecule has 0 saturated carbocycles. The third kappa shape index (κ3) is 4.77. The smallest absolute Gasteiger partial charge is 0.217 e. The molecule has 0 aliphatic carbocycles. The molecular weight excluding hydrogens is 501 g/mol. The van der Waals surface area contributed by atoms with Crippen molar-refractivity contribution in [2.45, 2.75) is 46.6 Å². The number of hydrogen-bond acceptors (Lipinski definition) is 6. The molecule has 39 heavy (non-hydrogen) atoms. The maximum Gasteiger partial charge on any atom is 0.217 e. The van der Waals surface area contributed by atoms with Crippen LogP contribution in [0, 0.1) is 11.2 Å². The van der Waals surface area contributed by atoms with Crippen molar-refractivity contribution in [2.24, 2.45) is 0 Å². The van der Waals surface area contributed by atoms with Gasteiger partial charge in [0.2, 0.25) is 5.78 Å². The van der Waals surface area contributed by atoms with Crippen molar-refractivity contribution < 1.29 is 28.2 Å². The molecule has 0 radical (unpaired) electrons. The first kappa shape index (κ1) is 26.5. The van der Waals surface area contributed by atoms with E-state index in [2.05, 4.69) is 6.92 Å². The lowest BCUT2D eigenvalue weighted by atomic mass is 10.1. The molecule has 5 rings (SSSR count). The van der Waals surface area contributed by atoms with Crippen molar-refractivity contribution in [1.29, 1.82) is 5.41 Å². The molecule has 0 spiro atoms. The molecule has 1 N–H and O–H groups in total. The number of benzene rings is 2. The van der Waals surface area contributed by atoms with E-state index in [0.29, 0.717) is 34.9 Å². The highest BCUT2D eigenvalue weighted by atomic mass is 19.1. The standard InChI is InChI=1S/C30H32FN3O5/c1-4-7-8-18-11-12-34-21-13-19(9-10-24(21)39-17-23(36)28(18)34)22(35)16-33-15-20-14-25(37-5-2)29(38-6-3)27(31)26(20)30(33)32/h9-14,32H,4-8,15-17H2,1-3H3. The van der Waals surface area contributed by atoms with Crippen LogP contribution >= 0.6 is 0 Å². The first-order valence-corrected chi connectivity index (χ1v) is 13.4. The summed E-state index contributed by atoms with van der Waals surface area (Å²) in [6, 6.07) is 8.72. The maximum atomic E-state index is 15.4. The van der Waals surface area contributed by atoms with Crippen molar-refractivity contribution in [3.05, 3.63) is 70.3 Å². The zero-order valence-corrected chi connectivity index (χ0v) is 22.4. The lowest BCUT2D eigenvalue weighted by molar-refractivity contribution is 0.0918. The van der Waals surface area contributed by atoms with Crippen LogP contribution in [0.4, 0.5) is 4.39 Å². The largest absolute Gasteiger partial charge is 0.490 e. The van der Waals surface area contributed by atoms with E-state index in [1.54, 1.807) is 42.7 Å². The Morgan fingerprint density at radius 1 is 1.13 bits per heavy atom. The number of rotatable bonds is 10. The Hall–Kier alpha value is -4.14. The number of Topliss-reactive ketones (excluding diaryl/α,β-unsaturated/α-hetero) is 2. The fourth-order valence-corrected chi connectivity index (χ4v) is 5.19. The summed E-state index contributed by atoms with van der Waals surface area (Å²) in [5.74, 6) is -0.262. The van der Waals surface area contributed by atoms with Crippen LogP contribution in [-0.4, -0.2) is 53.2 Å². The maximum absolute atomic E-state index is 15.4. The minimum atomic E-state index is -0.649. The van der Waals surface area contributed by atoms with Gasteiger partial charge in [-0.1, -0.05) is 13.3 Å². The number of aryl methyl sites for hydroxylation is 1. The second kappa shape index (κ2) is 10.9. The minimum absolute atomic E-state index is 0.0165. The summed E-state index contributed by atoms with van der Waals surface area (Å²) in [5.41, 5.74) is 3.30. The molecule has 0 amide bonds. The van der Waals surface area contributed by atoms with Gasteiger partial charge in [-0.3, -0.25) is 15.0 Å². The topological polar surface area (TPSA) is 93.8 Å². The van der Waals surface area contributed by atoms with E-state index in [-0.39, 0.29) is 60.8 Å². The first-order valence-electron chi connectivity index (χ1n) is 13.4. The van der Waals surface area contributed by atoms with Crippen molar-refractivity contribution in [3.63, 3.8) is 0 Å². The van der Waals surface area contributed by atoms with Gasteiger partial charge in [-0.25, -0.2) is 4.39 Å². The SMILES string of the molecule is CCCCc1ccn2c1C(=O)COc1ccc(C(=O)CN3Cc4cc(OCC)c(OCC)c(F)c4C3=N)cc1-2. The molecular formula is C30H32FN3O5. The number of ketones is 2. The Kier molecular flexibility index (Phi) is 7.41. The number of ether oxygens (including phenoxy) is 3. The Morgan fingerprint density at radius 2 is 1.92 bits per heavy atom. The van der Waals surface area contributed by atoms with Crippen molar-refractivity contribution in [1.82, 2.24) is 9.47 Å². The average molecular weight is 534 g/mol. The zero-order chi connectivity index (χ0) is 27.7. The summed E-state index contributed by atoms with van der Waals surface area (Å²) in [7, 11) is 0. The van der Waals surface area contributed by atoms with E-state index >= 15 is 4.39 Å². The Labute approximate surface area is 226 Å². The molecule has 0 atom stereocenters. The Morgan fingerprint density at radius 3 is 2.67 bits per heavy atom. The predicted octanol–water partition coefficient (Wildman–Crippen LogP) is 5.36. The number of nitrogens with zero attached hydrogens (tertiary/aromatic N) is 2.